The van der Waals surface area contributed by atoms with E-state index in [9.17, 15) is 4.79 Å². The molecule has 0 saturated carbocycles. The Bertz CT molecular complexity index is 282. The van der Waals surface area contributed by atoms with Gasteiger partial charge in [-0.15, -0.1) is 12.3 Å². The number of unbranched alkanes of at least 4 members (excludes halogenated alkanes) is 2. The maximum Gasteiger partial charge on any atom is 0.227 e. The van der Waals surface area contributed by atoms with Crippen molar-refractivity contribution in [3.8, 4) is 12.3 Å². The van der Waals surface area contributed by atoms with Crippen LogP contribution in [0.25, 0.3) is 0 Å². The zero-order chi connectivity index (χ0) is 13.3. The van der Waals surface area contributed by atoms with Gasteiger partial charge in [0, 0.05) is 19.5 Å². The Morgan fingerprint density at radius 1 is 1.50 bits per heavy atom. The van der Waals surface area contributed by atoms with E-state index in [2.05, 4.69) is 23.5 Å². The molecule has 1 aliphatic rings. The molecule has 0 aromatic rings. The SMILES string of the molecule is C#CCCCCNC(=O)C1(CCC)CCCNC1. The summed E-state index contributed by atoms with van der Waals surface area (Å²) in [5.74, 6) is 2.86. The number of piperidine rings is 1. The molecule has 1 unspecified atom stereocenters. The summed E-state index contributed by atoms with van der Waals surface area (Å²) in [7, 11) is 0. The van der Waals surface area contributed by atoms with Crippen LogP contribution in [0, 0.1) is 17.8 Å². The van der Waals surface area contributed by atoms with Gasteiger partial charge in [0.2, 0.25) is 5.91 Å². The summed E-state index contributed by atoms with van der Waals surface area (Å²) in [6.45, 7) is 4.78. The van der Waals surface area contributed by atoms with Gasteiger partial charge in [0.15, 0.2) is 0 Å². The standard InChI is InChI=1S/C15H26N2O/c1-3-5-6-7-12-17-14(18)15(9-4-2)10-8-11-16-13-15/h1,16H,4-13H2,2H3,(H,17,18). The molecule has 1 heterocycles. The van der Waals surface area contributed by atoms with E-state index >= 15 is 0 Å². The highest BCUT2D eigenvalue weighted by molar-refractivity contribution is 5.83. The molecule has 1 fully saturated rings. The first-order valence-electron chi connectivity index (χ1n) is 7.17. The van der Waals surface area contributed by atoms with E-state index < -0.39 is 0 Å². The van der Waals surface area contributed by atoms with Crippen LogP contribution in [0.2, 0.25) is 0 Å². The quantitative estimate of drug-likeness (QED) is 0.536. The molecular formula is C15H26N2O. The fourth-order valence-corrected chi connectivity index (χ4v) is 2.71. The summed E-state index contributed by atoms with van der Waals surface area (Å²) in [4.78, 5) is 12.4. The molecule has 0 bridgehead atoms. The molecule has 0 aliphatic carbocycles. The third-order valence-electron chi connectivity index (χ3n) is 3.72. The highest BCUT2D eigenvalue weighted by Crippen LogP contribution is 2.31. The number of hydrogen-bond donors (Lipinski definition) is 2. The third-order valence-corrected chi connectivity index (χ3v) is 3.72. The van der Waals surface area contributed by atoms with Crippen LogP contribution in [-0.4, -0.2) is 25.5 Å². The van der Waals surface area contributed by atoms with Crippen molar-refractivity contribution >= 4 is 5.91 Å². The van der Waals surface area contributed by atoms with Crippen molar-refractivity contribution in [2.45, 2.75) is 51.9 Å². The molecule has 1 aliphatic heterocycles. The Labute approximate surface area is 111 Å². The lowest BCUT2D eigenvalue weighted by molar-refractivity contribution is -0.132. The Morgan fingerprint density at radius 3 is 2.94 bits per heavy atom. The average Bonchev–Trinajstić information content (AvgIpc) is 2.39. The number of rotatable bonds is 7. The third kappa shape index (κ3) is 4.34. The smallest absolute Gasteiger partial charge is 0.227 e. The zero-order valence-corrected chi connectivity index (χ0v) is 11.6. The van der Waals surface area contributed by atoms with E-state index in [0.29, 0.717) is 0 Å². The van der Waals surface area contributed by atoms with E-state index in [1.165, 1.54) is 0 Å². The summed E-state index contributed by atoms with van der Waals surface area (Å²) in [6.07, 6.45) is 12.1. The van der Waals surface area contributed by atoms with E-state index in [1.807, 2.05) is 0 Å². The van der Waals surface area contributed by atoms with Crippen molar-refractivity contribution in [2.24, 2.45) is 5.41 Å². The molecule has 1 amide bonds. The molecule has 3 nitrogen and oxygen atoms in total. The molecule has 0 spiro atoms. The minimum absolute atomic E-state index is 0.168. The van der Waals surface area contributed by atoms with Crippen LogP contribution in [-0.2, 0) is 4.79 Å². The van der Waals surface area contributed by atoms with Crippen molar-refractivity contribution in [2.75, 3.05) is 19.6 Å². The maximum absolute atomic E-state index is 12.4. The lowest BCUT2D eigenvalue weighted by atomic mass is 9.76. The maximum atomic E-state index is 12.4. The van der Waals surface area contributed by atoms with E-state index in [-0.39, 0.29) is 11.3 Å². The number of amides is 1. The Kier molecular flexibility index (Phi) is 6.82. The van der Waals surface area contributed by atoms with Crippen LogP contribution in [0.1, 0.15) is 51.9 Å². The van der Waals surface area contributed by atoms with Crippen molar-refractivity contribution in [1.82, 2.24) is 10.6 Å². The molecular weight excluding hydrogens is 224 g/mol. The summed E-state index contributed by atoms with van der Waals surface area (Å²) in [5.41, 5.74) is -0.168. The largest absolute Gasteiger partial charge is 0.356 e. The Hall–Kier alpha value is -1.01. The average molecular weight is 250 g/mol. The van der Waals surface area contributed by atoms with Crippen molar-refractivity contribution in [3.63, 3.8) is 0 Å². The van der Waals surface area contributed by atoms with Crippen molar-refractivity contribution in [3.05, 3.63) is 0 Å². The molecule has 2 N–H and O–H groups in total. The molecule has 18 heavy (non-hydrogen) atoms. The molecule has 0 aromatic carbocycles. The van der Waals surface area contributed by atoms with Crippen molar-refractivity contribution in [1.29, 1.82) is 0 Å². The van der Waals surface area contributed by atoms with Gasteiger partial charge in [-0.2, -0.15) is 0 Å². The molecule has 102 valence electrons. The van der Waals surface area contributed by atoms with Crippen LogP contribution in [0.5, 0.6) is 0 Å². The first-order valence-corrected chi connectivity index (χ1v) is 7.17. The van der Waals surface area contributed by atoms with Crippen LogP contribution >= 0.6 is 0 Å². The van der Waals surface area contributed by atoms with Crippen LogP contribution < -0.4 is 10.6 Å². The predicted octanol–water partition coefficient (Wildman–Crippen LogP) is 2.08. The second kappa shape index (κ2) is 8.16. The number of carbonyl (C=O) groups excluding carboxylic acids is 1. The molecule has 1 atom stereocenters. The monoisotopic (exact) mass is 250 g/mol. The zero-order valence-electron chi connectivity index (χ0n) is 11.6. The van der Waals surface area contributed by atoms with Crippen LogP contribution in [0.3, 0.4) is 0 Å². The van der Waals surface area contributed by atoms with Gasteiger partial charge >= 0.3 is 0 Å². The fourth-order valence-electron chi connectivity index (χ4n) is 2.71. The van der Waals surface area contributed by atoms with E-state index in [0.717, 1.165) is 64.6 Å². The van der Waals surface area contributed by atoms with Crippen LogP contribution in [0.15, 0.2) is 0 Å². The highest BCUT2D eigenvalue weighted by Gasteiger charge is 2.38. The van der Waals surface area contributed by atoms with Crippen molar-refractivity contribution < 1.29 is 4.79 Å². The lowest BCUT2D eigenvalue weighted by Crippen LogP contribution is -2.50. The van der Waals surface area contributed by atoms with Gasteiger partial charge in [-0.1, -0.05) is 13.3 Å². The highest BCUT2D eigenvalue weighted by atomic mass is 16.2. The summed E-state index contributed by atoms with van der Waals surface area (Å²) < 4.78 is 0. The molecule has 0 aromatic heterocycles. The molecule has 1 rings (SSSR count). The molecule has 0 radical (unpaired) electrons. The number of carbonyl (C=O) groups is 1. The predicted molar refractivity (Wildman–Crippen MR) is 75.1 cm³/mol. The summed E-state index contributed by atoms with van der Waals surface area (Å²) in [5, 5.41) is 6.45. The number of hydrogen-bond acceptors (Lipinski definition) is 2. The first-order chi connectivity index (χ1) is 8.75. The van der Waals surface area contributed by atoms with Gasteiger partial charge < -0.3 is 10.6 Å². The van der Waals surface area contributed by atoms with Gasteiger partial charge in [-0.05, 0) is 38.6 Å². The second-order valence-corrected chi connectivity index (χ2v) is 5.23. The van der Waals surface area contributed by atoms with Crippen LogP contribution in [0.4, 0.5) is 0 Å². The Morgan fingerprint density at radius 2 is 2.33 bits per heavy atom. The second-order valence-electron chi connectivity index (χ2n) is 5.23. The van der Waals surface area contributed by atoms with Gasteiger partial charge in [0.05, 0.1) is 5.41 Å². The normalized spacial score (nSPS) is 23.3. The van der Waals surface area contributed by atoms with E-state index in [4.69, 9.17) is 6.42 Å². The molecule has 3 heteroatoms. The van der Waals surface area contributed by atoms with Gasteiger partial charge in [-0.3, -0.25) is 4.79 Å². The fraction of sp³-hybridized carbons (Fsp3) is 0.800. The molecule has 1 saturated heterocycles. The summed E-state index contributed by atoms with van der Waals surface area (Å²) >= 11 is 0. The topological polar surface area (TPSA) is 41.1 Å². The first kappa shape index (κ1) is 15.0. The van der Waals surface area contributed by atoms with Gasteiger partial charge in [0.25, 0.3) is 0 Å². The number of nitrogens with one attached hydrogen (secondary N) is 2. The van der Waals surface area contributed by atoms with E-state index in [1.54, 1.807) is 0 Å². The Balaban J connectivity index is 2.37. The lowest BCUT2D eigenvalue weighted by Gasteiger charge is -2.36. The number of terminal acetylenes is 1. The minimum Gasteiger partial charge on any atom is -0.356 e. The van der Waals surface area contributed by atoms with Gasteiger partial charge in [-0.25, -0.2) is 0 Å². The van der Waals surface area contributed by atoms with Gasteiger partial charge in [0.1, 0.15) is 0 Å². The minimum atomic E-state index is -0.168. The summed E-state index contributed by atoms with van der Waals surface area (Å²) in [6, 6.07) is 0.